The summed E-state index contributed by atoms with van der Waals surface area (Å²) >= 11 is 0. The number of hydrogen-bond acceptors (Lipinski definition) is 16. The fourth-order valence-electron chi connectivity index (χ4n) is 5.73. The lowest BCUT2D eigenvalue weighted by molar-refractivity contribution is -0.118. The van der Waals surface area contributed by atoms with E-state index in [-0.39, 0.29) is 58.0 Å². The van der Waals surface area contributed by atoms with Crippen LogP contribution < -0.4 is 31.9 Å². The van der Waals surface area contributed by atoms with Gasteiger partial charge in [0, 0.05) is 94.9 Å². The molecule has 4 amide bonds. The lowest BCUT2D eigenvalue weighted by atomic mass is 10.1. The van der Waals surface area contributed by atoms with Gasteiger partial charge in [0.15, 0.2) is 28.8 Å². The van der Waals surface area contributed by atoms with Crippen LogP contribution in [0.25, 0.3) is 22.6 Å². The highest BCUT2D eigenvalue weighted by atomic mass is 16.2. The molecular weight excluding hydrogens is 773 g/mol. The van der Waals surface area contributed by atoms with E-state index in [0.29, 0.717) is 39.8 Å². The van der Waals surface area contributed by atoms with Crippen molar-refractivity contribution < 1.29 is 27.4 Å². The number of aryl methyl sites for hydroxylation is 2. The van der Waals surface area contributed by atoms with E-state index in [1.165, 1.54) is 16.9 Å². The molecule has 6 aromatic rings. The van der Waals surface area contributed by atoms with Crippen LogP contribution in [0.2, 0.25) is 0 Å². The molecule has 0 aliphatic heterocycles. The normalized spacial score (nSPS) is 14.9. The van der Waals surface area contributed by atoms with E-state index in [9.17, 15) is 19.2 Å². The van der Waals surface area contributed by atoms with E-state index in [2.05, 4.69) is 71.9 Å². The maximum absolute atomic E-state index is 12.6. The summed E-state index contributed by atoms with van der Waals surface area (Å²) in [4.78, 5) is 63.7. The molecular formula is C38H42N18O4. The lowest BCUT2D eigenvalue weighted by Gasteiger charge is -2.14. The van der Waals surface area contributed by atoms with Gasteiger partial charge in [-0.1, -0.05) is 0 Å². The average molecular weight is 821 g/mol. The van der Waals surface area contributed by atoms with Gasteiger partial charge in [-0.25, -0.2) is 15.0 Å². The Morgan fingerprint density at radius 3 is 1.67 bits per heavy atom. The number of nitrogens with one attached hydrogen (secondary N) is 6. The minimum absolute atomic E-state index is 0.0608. The predicted molar refractivity (Wildman–Crippen MR) is 218 cm³/mol. The average Bonchev–Trinajstić information content (AvgIpc) is 4.18. The molecule has 2 aliphatic carbocycles. The molecule has 0 radical (unpaired) electrons. The van der Waals surface area contributed by atoms with Crippen molar-refractivity contribution in [2.45, 2.75) is 39.5 Å². The Balaban J connectivity index is 0.000000196. The first-order chi connectivity index (χ1) is 31.2. The summed E-state index contributed by atoms with van der Waals surface area (Å²) in [5.74, 6) is -0.903. The van der Waals surface area contributed by atoms with Crippen molar-refractivity contribution in [3.8, 4) is 22.6 Å². The van der Waals surface area contributed by atoms with Gasteiger partial charge in [0.25, 0.3) is 11.8 Å². The molecule has 60 heavy (non-hydrogen) atoms. The number of rotatable bonds is 12. The number of amides is 4. The number of anilines is 6. The van der Waals surface area contributed by atoms with Crippen molar-refractivity contribution in [2.24, 2.45) is 25.9 Å². The van der Waals surface area contributed by atoms with Gasteiger partial charge in [-0.15, -0.1) is 20.4 Å². The van der Waals surface area contributed by atoms with Gasteiger partial charge in [-0.3, -0.25) is 23.9 Å². The van der Waals surface area contributed by atoms with E-state index in [1.54, 1.807) is 62.8 Å². The Labute approximate surface area is 351 Å². The highest BCUT2D eigenvalue weighted by Crippen LogP contribution is 2.33. The van der Waals surface area contributed by atoms with E-state index in [0.717, 1.165) is 31.2 Å². The fourth-order valence-corrected chi connectivity index (χ4v) is 5.73. The maximum atomic E-state index is 12.6. The zero-order valence-electron chi connectivity index (χ0n) is 38.6. The number of nitrogens with zero attached hydrogens (tertiary/aromatic N) is 12. The van der Waals surface area contributed by atoms with Crippen LogP contribution in [0.5, 0.6) is 0 Å². The Hall–Kier alpha value is -7.78. The quantitative estimate of drug-likeness (QED) is 0.104. The van der Waals surface area contributed by atoms with Gasteiger partial charge < -0.3 is 31.9 Å². The van der Waals surface area contributed by atoms with Gasteiger partial charge >= 0.3 is 0 Å². The second-order valence-corrected chi connectivity index (χ2v) is 13.8. The van der Waals surface area contributed by atoms with Crippen LogP contribution in [0.3, 0.4) is 0 Å². The second kappa shape index (κ2) is 17.4. The standard InChI is InChI=1S/2C19H21N9O2/c1-10-12(14-9-22-28(3)27-14)6-7-21-17(10)23-13-8-15(24-18(29)11-4-5-11)25-26-16(13)19(30)20-2;1-10-12(17-22-9-28(3)27-17)6-7-21-16(10)23-13-8-14(24-18(29)11-4-5-11)25-26-15(13)19(30)20-2/h2*6-9,11H,4-5H2,1-3H3,(H,20,30)(H2,21,23,24,25,29)/i2*2D3. The molecule has 22 heteroatoms. The van der Waals surface area contributed by atoms with Crippen LogP contribution in [0.4, 0.5) is 34.6 Å². The molecule has 308 valence electrons. The molecule has 0 unspecified atom stereocenters. The Morgan fingerprint density at radius 2 is 1.22 bits per heavy atom. The number of carbonyl (C=O) groups excluding carboxylic acids is 4. The minimum atomic E-state index is -2.71. The largest absolute Gasteiger partial charge is 0.354 e. The molecule has 2 aliphatic rings. The van der Waals surface area contributed by atoms with Gasteiger partial charge in [0.05, 0.1) is 17.6 Å². The smallest absolute Gasteiger partial charge is 0.273 e. The molecule has 6 aromatic heterocycles. The van der Waals surface area contributed by atoms with Crippen LogP contribution in [0, 0.1) is 25.7 Å². The van der Waals surface area contributed by atoms with Crippen molar-refractivity contribution in [3.63, 3.8) is 0 Å². The van der Waals surface area contributed by atoms with E-state index < -0.39 is 25.8 Å². The highest BCUT2D eigenvalue weighted by molar-refractivity contribution is 6.01. The second-order valence-electron chi connectivity index (χ2n) is 13.8. The predicted octanol–water partition coefficient (Wildman–Crippen LogP) is 2.85. The topological polar surface area (TPSA) is 279 Å². The molecule has 22 nitrogen and oxygen atoms in total. The zero-order valence-corrected chi connectivity index (χ0v) is 32.6. The van der Waals surface area contributed by atoms with Crippen molar-refractivity contribution in [2.75, 3.05) is 35.2 Å². The first-order valence-electron chi connectivity index (χ1n) is 21.4. The highest BCUT2D eigenvalue weighted by Gasteiger charge is 2.31. The third-order valence-electron chi connectivity index (χ3n) is 9.27. The summed E-state index contributed by atoms with van der Waals surface area (Å²) in [5.41, 5.74) is 3.23. The summed E-state index contributed by atoms with van der Waals surface area (Å²) in [5, 5.41) is 43.3. The first kappa shape index (κ1) is 33.2. The number of pyridine rings is 2. The molecule has 0 saturated heterocycles. The van der Waals surface area contributed by atoms with Crippen LogP contribution in [0.15, 0.2) is 49.2 Å². The number of aromatic nitrogens is 12. The van der Waals surface area contributed by atoms with E-state index in [1.807, 2.05) is 17.6 Å². The monoisotopic (exact) mass is 820 g/mol. The van der Waals surface area contributed by atoms with Gasteiger partial charge in [0.2, 0.25) is 11.8 Å². The molecule has 0 atom stereocenters. The third-order valence-corrected chi connectivity index (χ3v) is 9.27. The summed E-state index contributed by atoms with van der Waals surface area (Å²) in [6, 6.07) is 6.36. The van der Waals surface area contributed by atoms with E-state index in [4.69, 9.17) is 8.22 Å². The Morgan fingerprint density at radius 1 is 0.700 bits per heavy atom. The summed E-state index contributed by atoms with van der Waals surface area (Å²) in [6.07, 6.45) is 9.52. The zero-order chi connectivity index (χ0) is 47.5. The van der Waals surface area contributed by atoms with Gasteiger partial charge in [0.1, 0.15) is 23.7 Å². The van der Waals surface area contributed by atoms with Crippen LogP contribution in [-0.2, 0) is 23.7 Å². The SMILES string of the molecule is [2H]C([2H])([2H])NC(=O)c1nnc(NC(=O)C2CC2)cc1Nc1nccc(-c2cnn(C)n2)c1C.[2H]C([2H])([2H])NC(=O)c1nnc(NC(=O)C2CC2)cc1Nc1nccc(-c2ncn(C)n2)c1C. The van der Waals surface area contributed by atoms with Crippen molar-refractivity contribution in [1.29, 1.82) is 0 Å². The van der Waals surface area contributed by atoms with Crippen LogP contribution in [-0.4, -0.2) is 97.7 Å². The van der Waals surface area contributed by atoms with Gasteiger partial charge in [-0.05, 0) is 51.7 Å². The number of hydrogen-bond donors (Lipinski definition) is 6. The molecule has 8 rings (SSSR count). The lowest BCUT2D eigenvalue weighted by Crippen LogP contribution is -2.22. The fraction of sp³-hybridized carbons (Fsp3) is 0.316. The summed E-state index contributed by atoms with van der Waals surface area (Å²) < 4.78 is 45.4. The Bertz CT molecular complexity index is 2630. The van der Waals surface area contributed by atoms with Crippen molar-refractivity contribution >= 4 is 58.3 Å². The summed E-state index contributed by atoms with van der Waals surface area (Å²) in [6.45, 7) is -1.82. The molecule has 6 N–H and O–H groups in total. The van der Waals surface area contributed by atoms with Crippen LogP contribution >= 0.6 is 0 Å². The maximum Gasteiger partial charge on any atom is 0.273 e. The first-order valence-corrected chi connectivity index (χ1v) is 18.4. The molecule has 0 aromatic carbocycles. The minimum Gasteiger partial charge on any atom is -0.354 e. The molecule has 6 heterocycles. The third kappa shape index (κ3) is 9.33. The number of carbonyl (C=O) groups is 4. The van der Waals surface area contributed by atoms with Crippen molar-refractivity contribution in [1.82, 2.24) is 70.8 Å². The summed E-state index contributed by atoms with van der Waals surface area (Å²) in [7, 11) is 3.46. The van der Waals surface area contributed by atoms with Crippen LogP contribution in [0.1, 0.15) is 66.0 Å². The van der Waals surface area contributed by atoms with Crippen molar-refractivity contribution in [3.05, 3.63) is 71.7 Å². The molecule has 0 spiro atoms. The van der Waals surface area contributed by atoms with Gasteiger partial charge in [-0.2, -0.15) is 20.1 Å². The molecule has 0 bridgehead atoms. The van der Waals surface area contributed by atoms with E-state index >= 15 is 0 Å². The molecule has 2 fully saturated rings. The molecule has 2 saturated carbocycles. The Kier molecular flexibility index (Phi) is 9.62.